The Labute approximate surface area is 99.8 Å². The number of hydrogen-bond acceptors (Lipinski definition) is 3. The Bertz CT molecular complexity index is 242. The highest BCUT2D eigenvalue weighted by Crippen LogP contribution is 2.25. The standard InChI is InChI=1S/C13H26N2O/c1-6-13(3,10-16)9-15-7-11(2)12(8-15)14(4)5/h10-12H,6-9H2,1-5H3. The van der Waals surface area contributed by atoms with E-state index in [9.17, 15) is 4.79 Å². The quantitative estimate of drug-likeness (QED) is 0.664. The van der Waals surface area contributed by atoms with Crippen LogP contribution in [0.4, 0.5) is 0 Å². The van der Waals surface area contributed by atoms with Crippen LogP contribution in [0.2, 0.25) is 0 Å². The van der Waals surface area contributed by atoms with Crippen molar-refractivity contribution in [3.8, 4) is 0 Å². The van der Waals surface area contributed by atoms with Gasteiger partial charge in [0.15, 0.2) is 0 Å². The minimum atomic E-state index is -0.166. The van der Waals surface area contributed by atoms with E-state index in [1.54, 1.807) is 0 Å². The molecule has 0 spiro atoms. The molecule has 1 rings (SSSR count). The number of likely N-dealkylation sites (tertiary alicyclic amines) is 1. The number of carbonyl (C=O) groups excluding carboxylic acids is 1. The second kappa shape index (κ2) is 5.28. The normalized spacial score (nSPS) is 30.6. The molecule has 16 heavy (non-hydrogen) atoms. The van der Waals surface area contributed by atoms with Gasteiger partial charge >= 0.3 is 0 Å². The first-order chi connectivity index (χ1) is 7.41. The molecule has 0 aromatic heterocycles. The zero-order valence-electron chi connectivity index (χ0n) is 11.4. The molecular weight excluding hydrogens is 200 g/mol. The lowest BCUT2D eigenvalue weighted by Gasteiger charge is -2.28. The van der Waals surface area contributed by atoms with Crippen molar-refractivity contribution in [1.29, 1.82) is 0 Å². The van der Waals surface area contributed by atoms with Crippen LogP contribution >= 0.6 is 0 Å². The second-order valence-corrected chi connectivity index (χ2v) is 5.83. The van der Waals surface area contributed by atoms with E-state index in [4.69, 9.17) is 0 Å². The average Bonchev–Trinajstić information content (AvgIpc) is 2.59. The van der Waals surface area contributed by atoms with Gasteiger partial charge in [0.1, 0.15) is 6.29 Å². The summed E-state index contributed by atoms with van der Waals surface area (Å²) in [5, 5.41) is 0. The Kier molecular flexibility index (Phi) is 4.51. The maximum atomic E-state index is 11.1. The first kappa shape index (κ1) is 13.7. The second-order valence-electron chi connectivity index (χ2n) is 5.83. The molecule has 3 heteroatoms. The number of aldehydes is 1. The first-order valence-corrected chi connectivity index (χ1v) is 6.27. The van der Waals surface area contributed by atoms with Crippen LogP contribution in [0.15, 0.2) is 0 Å². The van der Waals surface area contributed by atoms with Crippen LogP contribution in [0.3, 0.4) is 0 Å². The van der Waals surface area contributed by atoms with E-state index in [0.717, 1.165) is 32.3 Å². The van der Waals surface area contributed by atoms with Crippen LogP contribution in [-0.4, -0.2) is 55.9 Å². The van der Waals surface area contributed by atoms with Gasteiger partial charge in [0, 0.05) is 31.1 Å². The fourth-order valence-electron chi connectivity index (χ4n) is 2.59. The highest BCUT2D eigenvalue weighted by molar-refractivity contribution is 5.58. The van der Waals surface area contributed by atoms with Gasteiger partial charge in [-0.15, -0.1) is 0 Å². The lowest BCUT2D eigenvalue weighted by molar-refractivity contribution is -0.116. The van der Waals surface area contributed by atoms with Gasteiger partial charge in [-0.25, -0.2) is 0 Å². The minimum Gasteiger partial charge on any atom is -0.305 e. The smallest absolute Gasteiger partial charge is 0.127 e. The number of likely N-dealkylation sites (N-methyl/N-ethyl adjacent to an activating group) is 1. The highest BCUT2D eigenvalue weighted by atomic mass is 16.1. The molecule has 0 aromatic rings. The Balaban J connectivity index is 2.56. The molecule has 0 radical (unpaired) electrons. The molecule has 0 bridgehead atoms. The Hall–Kier alpha value is -0.410. The van der Waals surface area contributed by atoms with E-state index >= 15 is 0 Å². The van der Waals surface area contributed by atoms with E-state index in [2.05, 4.69) is 44.7 Å². The van der Waals surface area contributed by atoms with Gasteiger partial charge in [-0.1, -0.05) is 20.8 Å². The minimum absolute atomic E-state index is 0.166. The van der Waals surface area contributed by atoms with Gasteiger partial charge in [0.2, 0.25) is 0 Å². The zero-order valence-corrected chi connectivity index (χ0v) is 11.4. The van der Waals surface area contributed by atoms with Crippen LogP contribution in [0, 0.1) is 11.3 Å². The lowest BCUT2D eigenvalue weighted by Crippen LogP contribution is -2.38. The SMILES string of the molecule is CCC(C)(C=O)CN1CC(C)C(N(C)C)C1. The van der Waals surface area contributed by atoms with Crippen LogP contribution in [0.1, 0.15) is 27.2 Å². The zero-order chi connectivity index (χ0) is 12.3. The molecule has 3 atom stereocenters. The van der Waals surface area contributed by atoms with Crippen molar-refractivity contribution in [2.24, 2.45) is 11.3 Å². The molecule has 3 unspecified atom stereocenters. The van der Waals surface area contributed by atoms with Gasteiger partial charge in [0.25, 0.3) is 0 Å². The van der Waals surface area contributed by atoms with Gasteiger partial charge in [-0.2, -0.15) is 0 Å². The molecule has 0 amide bonds. The van der Waals surface area contributed by atoms with E-state index in [1.165, 1.54) is 0 Å². The summed E-state index contributed by atoms with van der Waals surface area (Å²) in [5.41, 5.74) is -0.166. The van der Waals surface area contributed by atoms with Crippen LogP contribution < -0.4 is 0 Å². The summed E-state index contributed by atoms with van der Waals surface area (Å²) in [7, 11) is 4.28. The number of hydrogen-bond donors (Lipinski definition) is 0. The largest absolute Gasteiger partial charge is 0.305 e. The van der Waals surface area contributed by atoms with Crippen molar-refractivity contribution in [3.05, 3.63) is 0 Å². The van der Waals surface area contributed by atoms with Gasteiger partial charge in [0.05, 0.1) is 0 Å². The molecule has 0 aromatic carbocycles. The lowest BCUT2D eigenvalue weighted by atomic mass is 9.89. The Morgan fingerprint density at radius 3 is 2.44 bits per heavy atom. The summed E-state index contributed by atoms with van der Waals surface area (Å²) in [6.45, 7) is 9.57. The summed E-state index contributed by atoms with van der Waals surface area (Å²) in [6.07, 6.45) is 2.05. The third kappa shape index (κ3) is 3.05. The van der Waals surface area contributed by atoms with Crippen LogP contribution in [0.5, 0.6) is 0 Å². The summed E-state index contributed by atoms with van der Waals surface area (Å²) in [5.74, 6) is 0.697. The number of rotatable bonds is 5. The van der Waals surface area contributed by atoms with Crippen molar-refractivity contribution >= 4 is 6.29 Å². The van der Waals surface area contributed by atoms with Crippen LogP contribution in [0.25, 0.3) is 0 Å². The van der Waals surface area contributed by atoms with Crippen molar-refractivity contribution < 1.29 is 4.79 Å². The van der Waals surface area contributed by atoms with Gasteiger partial charge in [-0.05, 0) is 26.4 Å². The van der Waals surface area contributed by atoms with E-state index < -0.39 is 0 Å². The summed E-state index contributed by atoms with van der Waals surface area (Å²) in [4.78, 5) is 15.8. The van der Waals surface area contributed by atoms with Crippen LogP contribution in [-0.2, 0) is 4.79 Å². The molecule has 1 saturated heterocycles. The molecule has 94 valence electrons. The summed E-state index contributed by atoms with van der Waals surface area (Å²) in [6, 6.07) is 0.632. The molecule has 1 fully saturated rings. The summed E-state index contributed by atoms with van der Waals surface area (Å²) < 4.78 is 0. The number of nitrogens with zero attached hydrogens (tertiary/aromatic N) is 2. The fraction of sp³-hybridized carbons (Fsp3) is 0.923. The van der Waals surface area contributed by atoms with Gasteiger partial charge in [-0.3, -0.25) is 0 Å². The molecule has 0 saturated carbocycles. The molecular formula is C13H26N2O. The van der Waals surface area contributed by atoms with E-state index in [1.807, 2.05) is 0 Å². The molecule has 0 N–H and O–H groups in total. The molecule has 1 heterocycles. The highest BCUT2D eigenvalue weighted by Gasteiger charge is 2.34. The topological polar surface area (TPSA) is 23.6 Å². The fourth-order valence-corrected chi connectivity index (χ4v) is 2.59. The maximum absolute atomic E-state index is 11.1. The van der Waals surface area contributed by atoms with Gasteiger partial charge < -0.3 is 14.6 Å². The number of carbonyl (C=O) groups is 1. The Morgan fingerprint density at radius 1 is 1.44 bits per heavy atom. The van der Waals surface area contributed by atoms with E-state index in [0.29, 0.717) is 12.0 Å². The Morgan fingerprint density at radius 2 is 2.06 bits per heavy atom. The average molecular weight is 226 g/mol. The third-order valence-corrected chi connectivity index (χ3v) is 3.99. The predicted octanol–water partition coefficient (Wildman–Crippen LogP) is 1.48. The first-order valence-electron chi connectivity index (χ1n) is 6.27. The van der Waals surface area contributed by atoms with Crippen molar-refractivity contribution in [1.82, 2.24) is 9.80 Å². The molecule has 1 aliphatic heterocycles. The van der Waals surface area contributed by atoms with Crippen molar-refractivity contribution in [2.45, 2.75) is 33.2 Å². The predicted molar refractivity (Wildman–Crippen MR) is 67.5 cm³/mol. The monoisotopic (exact) mass is 226 g/mol. The van der Waals surface area contributed by atoms with Crippen molar-refractivity contribution in [2.75, 3.05) is 33.7 Å². The third-order valence-electron chi connectivity index (χ3n) is 3.99. The molecule has 1 aliphatic rings. The summed E-state index contributed by atoms with van der Waals surface area (Å²) >= 11 is 0. The molecule has 0 aliphatic carbocycles. The van der Waals surface area contributed by atoms with E-state index in [-0.39, 0.29) is 5.41 Å². The maximum Gasteiger partial charge on any atom is 0.127 e. The molecule has 3 nitrogen and oxygen atoms in total. The van der Waals surface area contributed by atoms with Crippen molar-refractivity contribution in [3.63, 3.8) is 0 Å².